The van der Waals surface area contributed by atoms with Crippen LogP contribution in [-0.4, -0.2) is 79.3 Å². The van der Waals surface area contributed by atoms with E-state index in [0.29, 0.717) is 4.57 Å². The minimum Gasteiger partial charge on any atom is -0.394 e. The number of aliphatic hydroxyl groups excluding tert-OH is 3. The Labute approximate surface area is 149 Å². The van der Waals surface area contributed by atoms with E-state index in [1.807, 2.05) is 0 Å². The zero-order valence-corrected chi connectivity index (χ0v) is 14.9. The lowest BCUT2D eigenvalue weighted by Crippen LogP contribution is -2.45. The molecule has 0 unspecified atom stereocenters. The van der Waals surface area contributed by atoms with E-state index in [1.165, 1.54) is 0 Å². The Morgan fingerprint density at radius 1 is 1.22 bits per heavy atom. The van der Waals surface area contributed by atoms with Crippen molar-refractivity contribution in [1.82, 2.24) is 19.5 Å². The fraction of sp³-hybridized carbons (Fsp3) is 0.500. The molecule has 0 spiro atoms. The molecule has 27 heavy (non-hydrogen) atoms. The van der Waals surface area contributed by atoms with E-state index in [9.17, 15) is 44.0 Å². The van der Waals surface area contributed by atoms with E-state index in [1.54, 1.807) is 0 Å². The SMILES string of the molecule is Nc1nc(P(=O)(O)O)nc2c1ncn2[C@]1(P(=O)(O)O)O[C@H](CO)[C@@H](O)[C@H]1O. The normalized spacial score (nSPS) is 29.5. The maximum atomic E-state index is 12.2. The van der Waals surface area contributed by atoms with Gasteiger partial charge in [-0.1, -0.05) is 0 Å². The van der Waals surface area contributed by atoms with Crippen molar-refractivity contribution in [3.8, 4) is 0 Å². The van der Waals surface area contributed by atoms with Gasteiger partial charge in [0.1, 0.15) is 30.2 Å². The second-order valence-corrected chi connectivity index (χ2v) is 8.93. The highest BCUT2D eigenvalue weighted by molar-refractivity contribution is 7.59. The Balaban J connectivity index is 2.36. The number of ether oxygens (including phenoxy) is 1. The number of nitrogens with two attached hydrogens (primary N) is 1. The minimum atomic E-state index is -5.47. The molecule has 4 atom stereocenters. The molecule has 2 aromatic rings. The van der Waals surface area contributed by atoms with Crippen molar-refractivity contribution in [2.45, 2.75) is 23.8 Å². The van der Waals surface area contributed by atoms with E-state index < -0.39 is 62.6 Å². The largest absolute Gasteiger partial charge is 0.394 e. The summed E-state index contributed by atoms with van der Waals surface area (Å²) in [6.07, 6.45) is -5.00. The van der Waals surface area contributed by atoms with E-state index in [4.69, 9.17) is 10.5 Å². The second-order valence-electron chi connectivity index (χ2n) is 5.72. The third-order valence-corrected chi connectivity index (χ3v) is 6.17. The summed E-state index contributed by atoms with van der Waals surface area (Å²) in [5, 5.41) is 29.5. The van der Waals surface area contributed by atoms with Gasteiger partial charge < -0.3 is 45.4 Å². The molecule has 1 aliphatic rings. The van der Waals surface area contributed by atoms with Gasteiger partial charge in [-0.25, -0.2) is 15.0 Å². The standard InChI is InChI=1S/C10H15N5O10P2/c11-7-4-8(14-9(13-7)26(19,20)21)15(2-12-4)10(27(22,23)24)6(18)5(17)3(1-16)25-10/h2-3,5-6,16-18H,1H2,(H2,11,13,14)(H2,19,20,21)(H2,22,23,24)/t3-,5-,6-,10+/m1/s1. The number of anilines is 1. The summed E-state index contributed by atoms with van der Waals surface area (Å²) in [4.78, 5) is 48.9. The van der Waals surface area contributed by atoms with Gasteiger partial charge in [0.2, 0.25) is 5.57 Å². The van der Waals surface area contributed by atoms with Crippen LogP contribution in [0.25, 0.3) is 11.2 Å². The van der Waals surface area contributed by atoms with Crippen LogP contribution in [0.4, 0.5) is 5.82 Å². The van der Waals surface area contributed by atoms with Crippen LogP contribution < -0.4 is 11.3 Å². The lowest BCUT2D eigenvalue weighted by atomic mass is 10.1. The van der Waals surface area contributed by atoms with Crippen molar-refractivity contribution >= 4 is 37.7 Å². The molecule has 15 nitrogen and oxygen atoms in total. The zero-order chi connectivity index (χ0) is 20.4. The highest BCUT2D eigenvalue weighted by Crippen LogP contribution is 2.61. The molecule has 150 valence electrons. The number of imidazole rings is 1. The summed E-state index contributed by atoms with van der Waals surface area (Å²) < 4.78 is 29.3. The van der Waals surface area contributed by atoms with Crippen molar-refractivity contribution in [1.29, 1.82) is 0 Å². The molecule has 2 aromatic heterocycles. The van der Waals surface area contributed by atoms with Crippen molar-refractivity contribution in [3.05, 3.63) is 6.33 Å². The van der Waals surface area contributed by atoms with Crippen LogP contribution in [0.3, 0.4) is 0 Å². The number of aliphatic hydroxyl groups is 3. The van der Waals surface area contributed by atoms with Gasteiger partial charge >= 0.3 is 15.2 Å². The number of rotatable bonds is 4. The third kappa shape index (κ3) is 2.89. The van der Waals surface area contributed by atoms with E-state index >= 15 is 0 Å². The second kappa shape index (κ2) is 6.25. The summed E-state index contributed by atoms with van der Waals surface area (Å²) >= 11 is 0. The van der Waals surface area contributed by atoms with E-state index in [-0.39, 0.29) is 5.52 Å². The molecule has 1 aliphatic heterocycles. The van der Waals surface area contributed by atoms with Crippen molar-refractivity contribution < 1.29 is 48.8 Å². The Hall–Kier alpha value is -1.51. The van der Waals surface area contributed by atoms with Crippen LogP contribution in [-0.2, 0) is 19.3 Å². The first-order valence-corrected chi connectivity index (χ1v) is 10.3. The van der Waals surface area contributed by atoms with Gasteiger partial charge in [-0.2, -0.15) is 0 Å². The first kappa shape index (κ1) is 20.2. The molecule has 9 N–H and O–H groups in total. The Morgan fingerprint density at radius 3 is 2.33 bits per heavy atom. The molecule has 3 heterocycles. The maximum absolute atomic E-state index is 12.2. The quantitative estimate of drug-likeness (QED) is 0.217. The summed E-state index contributed by atoms with van der Waals surface area (Å²) in [5.74, 6) is -0.510. The number of hydrogen-bond acceptors (Lipinski definition) is 10. The van der Waals surface area contributed by atoms with Gasteiger partial charge in [-0.05, 0) is 0 Å². The van der Waals surface area contributed by atoms with Crippen molar-refractivity contribution in [2.24, 2.45) is 0 Å². The summed E-state index contributed by atoms with van der Waals surface area (Å²) in [5.41, 5.74) is 0.669. The van der Waals surface area contributed by atoms with Crippen LogP contribution in [0.15, 0.2) is 6.33 Å². The summed E-state index contributed by atoms with van der Waals surface area (Å²) in [7, 11) is -10.5. The Bertz CT molecular complexity index is 986. The molecular weight excluding hydrogens is 412 g/mol. The van der Waals surface area contributed by atoms with Gasteiger partial charge in [-0.15, -0.1) is 0 Å². The molecule has 0 radical (unpaired) electrons. The predicted octanol–water partition coefficient (Wildman–Crippen LogP) is -3.89. The monoisotopic (exact) mass is 427 g/mol. The molecule has 0 aromatic carbocycles. The molecule has 0 aliphatic carbocycles. The molecule has 0 bridgehead atoms. The number of nitrogens with zero attached hydrogens (tertiary/aromatic N) is 4. The van der Waals surface area contributed by atoms with E-state index in [2.05, 4.69) is 15.0 Å². The lowest BCUT2D eigenvalue weighted by Gasteiger charge is -2.33. The van der Waals surface area contributed by atoms with Gasteiger partial charge in [0, 0.05) is 0 Å². The Morgan fingerprint density at radius 2 is 1.85 bits per heavy atom. The first-order chi connectivity index (χ1) is 12.3. The van der Waals surface area contributed by atoms with Gasteiger partial charge in [0.15, 0.2) is 11.5 Å². The first-order valence-electron chi connectivity index (χ1n) is 7.12. The van der Waals surface area contributed by atoms with Crippen molar-refractivity contribution in [2.75, 3.05) is 12.3 Å². The minimum absolute atomic E-state index is 0.294. The molecule has 17 heteroatoms. The predicted molar refractivity (Wildman–Crippen MR) is 85.4 cm³/mol. The lowest BCUT2D eigenvalue weighted by molar-refractivity contribution is -0.0985. The summed E-state index contributed by atoms with van der Waals surface area (Å²) in [6.45, 7) is -0.891. The topological polar surface area (TPSA) is 255 Å². The Kier molecular flexibility index (Phi) is 4.68. The van der Waals surface area contributed by atoms with Crippen molar-refractivity contribution in [3.63, 3.8) is 0 Å². The van der Waals surface area contributed by atoms with E-state index in [0.717, 1.165) is 6.33 Å². The number of hydrogen-bond donors (Lipinski definition) is 8. The molecule has 1 fully saturated rings. The van der Waals surface area contributed by atoms with Crippen LogP contribution in [0, 0.1) is 0 Å². The molecule has 0 saturated carbocycles. The maximum Gasteiger partial charge on any atom is 0.393 e. The van der Waals surface area contributed by atoms with Crippen LogP contribution >= 0.6 is 15.2 Å². The van der Waals surface area contributed by atoms with Crippen LogP contribution in [0.1, 0.15) is 0 Å². The third-order valence-electron chi connectivity index (χ3n) is 4.03. The van der Waals surface area contributed by atoms with Gasteiger partial charge in [0.25, 0.3) is 5.47 Å². The zero-order valence-electron chi connectivity index (χ0n) is 13.1. The van der Waals surface area contributed by atoms with Gasteiger partial charge in [-0.3, -0.25) is 13.7 Å². The van der Waals surface area contributed by atoms with Crippen LogP contribution in [0.5, 0.6) is 0 Å². The molecular formula is C10H15N5O10P2. The molecule has 1 saturated heterocycles. The summed E-state index contributed by atoms with van der Waals surface area (Å²) in [6, 6.07) is 0. The van der Waals surface area contributed by atoms with Crippen LogP contribution in [0.2, 0.25) is 0 Å². The van der Waals surface area contributed by atoms with Gasteiger partial charge in [0.05, 0.1) is 6.61 Å². The number of fused-ring (bicyclic) bond motifs is 1. The average molecular weight is 427 g/mol. The highest BCUT2D eigenvalue weighted by Gasteiger charge is 2.66. The number of aromatic nitrogens is 4. The fourth-order valence-corrected chi connectivity index (χ4v) is 4.45. The number of nitrogen functional groups attached to an aromatic ring is 1. The highest BCUT2D eigenvalue weighted by atomic mass is 31.2. The average Bonchev–Trinajstić information content (AvgIpc) is 3.07. The fourth-order valence-electron chi connectivity index (χ4n) is 2.79. The smallest absolute Gasteiger partial charge is 0.393 e. The molecule has 0 amide bonds. The molecule has 3 rings (SSSR count).